The SMILES string of the molecule is Cc1c([N+](=O)[O-])cnc(NCC2CCCC2)c1Br. The van der Waals surface area contributed by atoms with Gasteiger partial charge in [-0.05, 0) is 41.6 Å². The predicted molar refractivity (Wildman–Crippen MR) is 73.8 cm³/mol. The van der Waals surface area contributed by atoms with Crippen molar-refractivity contribution in [3.8, 4) is 0 Å². The molecule has 1 aliphatic carbocycles. The third kappa shape index (κ3) is 2.80. The van der Waals surface area contributed by atoms with E-state index in [1.165, 1.54) is 31.9 Å². The Labute approximate surface area is 114 Å². The Bertz CT molecular complexity index is 459. The standard InChI is InChI=1S/C12H16BrN3O2/c1-8-10(16(17)18)7-15-12(11(8)13)14-6-9-4-2-3-5-9/h7,9H,2-6H2,1H3,(H,14,15). The van der Waals surface area contributed by atoms with Crippen molar-refractivity contribution in [2.24, 2.45) is 5.92 Å². The second-order valence-electron chi connectivity index (χ2n) is 4.72. The van der Waals surface area contributed by atoms with Crippen molar-refractivity contribution in [1.82, 2.24) is 4.98 Å². The molecule has 0 atom stereocenters. The summed E-state index contributed by atoms with van der Waals surface area (Å²) >= 11 is 3.38. The lowest BCUT2D eigenvalue weighted by molar-refractivity contribution is -0.385. The Balaban J connectivity index is 2.09. The zero-order valence-electron chi connectivity index (χ0n) is 10.3. The number of nitrogens with one attached hydrogen (secondary N) is 1. The summed E-state index contributed by atoms with van der Waals surface area (Å²) in [5.74, 6) is 1.40. The van der Waals surface area contributed by atoms with E-state index >= 15 is 0 Å². The van der Waals surface area contributed by atoms with Crippen molar-refractivity contribution in [2.75, 3.05) is 11.9 Å². The molecule has 98 valence electrons. The van der Waals surface area contributed by atoms with E-state index in [0.29, 0.717) is 21.8 Å². The van der Waals surface area contributed by atoms with Crippen molar-refractivity contribution in [2.45, 2.75) is 32.6 Å². The molecule has 1 aliphatic rings. The van der Waals surface area contributed by atoms with E-state index < -0.39 is 4.92 Å². The van der Waals surface area contributed by atoms with Gasteiger partial charge in [0.05, 0.1) is 9.40 Å². The number of rotatable bonds is 4. The Morgan fingerprint density at radius 1 is 1.56 bits per heavy atom. The molecule has 0 amide bonds. The third-order valence-corrected chi connectivity index (χ3v) is 4.44. The van der Waals surface area contributed by atoms with Crippen molar-refractivity contribution < 1.29 is 4.92 Å². The summed E-state index contributed by atoms with van der Waals surface area (Å²) in [7, 11) is 0. The average molecular weight is 314 g/mol. The summed E-state index contributed by atoms with van der Waals surface area (Å²) in [4.78, 5) is 14.5. The van der Waals surface area contributed by atoms with Crippen LogP contribution in [0.15, 0.2) is 10.7 Å². The van der Waals surface area contributed by atoms with Crippen LogP contribution in [-0.2, 0) is 0 Å². The van der Waals surface area contributed by atoms with E-state index in [0.717, 1.165) is 6.54 Å². The van der Waals surface area contributed by atoms with Crippen molar-refractivity contribution in [1.29, 1.82) is 0 Å². The number of hydrogen-bond donors (Lipinski definition) is 1. The van der Waals surface area contributed by atoms with Gasteiger partial charge in [-0.3, -0.25) is 10.1 Å². The smallest absolute Gasteiger partial charge is 0.291 e. The molecule has 18 heavy (non-hydrogen) atoms. The second-order valence-corrected chi connectivity index (χ2v) is 5.51. The highest BCUT2D eigenvalue weighted by Gasteiger charge is 2.19. The molecule has 1 saturated carbocycles. The Kier molecular flexibility index (Phi) is 4.16. The highest BCUT2D eigenvalue weighted by molar-refractivity contribution is 9.10. The average Bonchev–Trinajstić information content (AvgIpc) is 2.83. The Morgan fingerprint density at radius 3 is 2.83 bits per heavy atom. The lowest BCUT2D eigenvalue weighted by atomic mass is 10.1. The van der Waals surface area contributed by atoms with Crippen LogP contribution in [0.1, 0.15) is 31.2 Å². The highest BCUT2D eigenvalue weighted by atomic mass is 79.9. The van der Waals surface area contributed by atoms with Gasteiger partial charge >= 0.3 is 0 Å². The van der Waals surface area contributed by atoms with E-state index in [4.69, 9.17) is 0 Å². The van der Waals surface area contributed by atoms with Crippen LogP contribution in [0.25, 0.3) is 0 Å². The van der Waals surface area contributed by atoms with E-state index in [9.17, 15) is 10.1 Å². The second kappa shape index (κ2) is 5.65. The zero-order valence-corrected chi connectivity index (χ0v) is 11.9. The summed E-state index contributed by atoms with van der Waals surface area (Å²) in [6.45, 7) is 2.62. The first kappa shape index (κ1) is 13.3. The number of aromatic nitrogens is 1. The van der Waals surface area contributed by atoms with E-state index in [2.05, 4.69) is 26.2 Å². The van der Waals surface area contributed by atoms with Crippen LogP contribution in [0.3, 0.4) is 0 Å². The maximum absolute atomic E-state index is 10.8. The molecule has 0 saturated heterocycles. The van der Waals surface area contributed by atoms with Gasteiger partial charge in [0.15, 0.2) is 0 Å². The predicted octanol–water partition coefficient (Wildman–Crippen LogP) is 3.66. The molecule has 0 aromatic carbocycles. The molecule has 6 heteroatoms. The molecule has 1 heterocycles. The van der Waals surface area contributed by atoms with Gasteiger partial charge in [-0.25, -0.2) is 4.98 Å². The monoisotopic (exact) mass is 313 g/mol. The molecular weight excluding hydrogens is 298 g/mol. The van der Waals surface area contributed by atoms with Gasteiger partial charge in [-0.1, -0.05) is 12.8 Å². The summed E-state index contributed by atoms with van der Waals surface area (Å²) in [5, 5.41) is 14.1. The summed E-state index contributed by atoms with van der Waals surface area (Å²) in [6, 6.07) is 0. The minimum absolute atomic E-state index is 0.0493. The first-order chi connectivity index (χ1) is 8.59. The van der Waals surface area contributed by atoms with Crippen LogP contribution in [0.2, 0.25) is 0 Å². The molecule has 1 aromatic rings. The summed E-state index contributed by atoms with van der Waals surface area (Å²) in [5.41, 5.74) is 0.664. The van der Waals surface area contributed by atoms with Crippen LogP contribution in [-0.4, -0.2) is 16.5 Å². The van der Waals surface area contributed by atoms with Gasteiger partial charge in [-0.15, -0.1) is 0 Å². The molecule has 5 nitrogen and oxygen atoms in total. The fourth-order valence-electron chi connectivity index (χ4n) is 2.33. The molecule has 1 N–H and O–H groups in total. The fourth-order valence-corrected chi connectivity index (χ4v) is 2.78. The maximum atomic E-state index is 10.8. The Hall–Kier alpha value is -1.17. The van der Waals surface area contributed by atoms with Crippen LogP contribution < -0.4 is 5.32 Å². The highest BCUT2D eigenvalue weighted by Crippen LogP contribution is 2.31. The molecule has 1 fully saturated rings. The quantitative estimate of drug-likeness (QED) is 0.680. The number of hydrogen-bond acceptors (Lipinski definition) is 4. The van der Waals surface area contributed by atoms with Gasteiger partial charge in [-0.2, -0.15) is 0 Å². The zero-order chi connectivity index (χ0) is 13.1. The molecule has 0 radical (unpaired) electrons. The molecule has 2 rings (SSSR count). The van der Waals surface area contributed by atoms with Gasteiger partial charge < -0.3 is 5.32 Å². The van der Waals surface area contributed by atoms with Crippen LogP contribution in [0.5, 0.6) is 0 Å². The Morgan fingerprint density at radius 2 is 2.22 bits per heavy atom. The van der Waals surface area contributed by atoms with Crippen molar-refractivity contribution in [3.05, 3.63) is 26.3 Å². The minimum atomic E-state index is -0.409. The van der Waals surface area contributed by atoms with Crippen LogP contribution in [0.4, 0.5) is 11.5 Å². The number of halogens is 1. The normalized spacial score (nSPS) is 15.9. The maximum Gasteiger partial charge on any atom is 0.291 e. The van der Waals surface area contributed by atoms with Gasteiger partial charge in [0.2, 0.25) is 0 Å². The molecule has 0 spiro atoms. The van der Waals surface area contributed by atoms with E-state index in [1.54, 1.807) is 6.92 Å². The molecule has 0 aliphatic heterocycles. The van der Waals surface area contributed by atoms with Crippen LogP contribution in [0, 0.1) is 23.0 Å². The fraction of sp³-hybridized carbons (Fsp3) is 0.583. The molecule has 0 bridgehead atoms. The van der Waals surface area contributed by atoms with E-state index in [-0.39, 0.29) is 5.69 Å². The first-order valence-electron chi connectivity index (χ1n) is 6.13. The third-order valence-electron chi connectivity index (χ3n) is 3.47. The van der Waals surface area contributed by atoms with Crippen LogP contribution >= 0.6 is 15.9 Å². The number of nitro groups is 1. The first-order valence-corrected chi connectivity index (χ1v) is 6.92. The number of anilines is 1. The molecular formula is C12H16BrN3O2. The number of nitrogens with zero attached hydrogens (tertiary/aromatic N) is 2. The number of pyridine rings is 1. The lowest BCUT2D eigenvalue weighted by Crippen LogP contribution is -2.12. The van der Waals surface area contributed by atoms with Gasteiger partial charge in [0.1, 0.15) is 12.0 Å². The van der Waals surface area contributed by atoms with Gasteiger partial charge in [0.25, 0.3) is 5.69 Å². The molecule has 0 unspecified atom stereocenters. The molecule has 1 aromatic heterocycles. The van der Waals surface area contributed by atoms with E-state index in [1.807, 2.05) is 0 Å². The topological polar surface area (TPSA) is 68.1 Å². The van der Waals surface area contributed by atoms with Crippen molar-refractivity contribution in [3.63, 3.8) is 0 Å². The lowest BCUT2D eigenvalue weighted by Gasteiger charge is -2.13. The minimum Gasteiger partial charge on any atom is -0.369 e. The summed E-state index contributed by atoms with van der Waals surface area (Å²) < 4.78 is 0.690. The largest absolute Gasteiger partial charge is 0.369 e. The van der Waals surface area contributed by atoms with Crippen molar-refractivity contribution >= 4 is 27.4 Å². The van der Waals surface area contributed by atoms with Gasteiger partial charge in [0, 0.05) is 12.1 Å². The summed E-state index contributed by atoms with van der Waals surface area (Å²) in [6.07, 6.45) is 6.45.